The standard InChI is InChI=1S/C17H16ClF3N2O/c1-9(11-3-5-12(18)6-4-11)22-10(2)17(24)23-14-8-7-13(19)15(20)16(14)21/h3-10,22H,1-2H3,(H,23,24)/p+1/t9-,10+/m1/s1. The van der Waals surface area contributed by atoms with E-state index in [0.717, 1.165) is 17.7 Å². The second kappa shape index (κ2) is 7.68. The predicted octanol–water partition coefficient (Wildman–Crippen LogP) is 3.41. The summed E-state index contributed by atoms with van der Waals surface area (Å²) in [5.41, 5.74) is 0.580. The molecule has 2 atom stereocenters. The molecule has 0 heterocycles. The number of nitrogens with two attached hydrogens (primary N) is 1. The molecule has 2 aromatic rings. The normalized spacial score (nSPS) is 13.4. The molecule has 7 heteroatoms. The Hall–Kier alpha value is -2.05. The molecule has 0 spiro atoms. The maximum Gasteiger partial charge on any atom is 0.282 e. The van der Waals surface area contributed by atoms with Crippen LogP contribution in [0.5, 0.6) is 0 Å². The molecule has 0 saturated heterocycles. The van der Waals surface area contributed by atoms with E-state index in [0.29, 0.717) is 5.02 Å². The first-order chi connectivity index (χ1) is 11.3. The van der Waals surface area contributed by atoms with E-state index in [2.05, 4.69) is 5.32 Å². The van der Waals surface area contributed by atoms with Crippen LogP contribution in [0.1, 0.15) is 25.5 Å². The Morgan fingerprint density at radius 3 is 2.29 bits per heavy atom. The minimum atomic E-state index is -1.61. The number of hydrogen-bond donors (Lipinski definition) is 2. The second-order valence-corrected chi connectivity index (χ2v) is 5.97. The monoisotopic (exact) mass is 357 g/mol. The summed E-state index contributed by atoms with van der Waals surface area (Å²) >= 11 is 5.83. The number of amides is 1. The van der Waals surface area contributed by atoms with Gasteiger partial charge in [0.05, 0.1) is 5.69 Å². The number of carbonyl (C=O) groups excluding carboxylic acids is 1. The predicted molar refractivity (Wildman–Crippen MR) is 86.2 cm³/mol. The van der Waals surface area contributed by atoms with Crippen LogP contribution in [0.2, 0.25) is 5.02 Å². The van der Waals surface area contributed by atoms with Gasteiger partial charge in [-0.25, -0.2) is 13.2 Å². The van der Waals surface area contributed by atoms with Crippen molar-refractivity contribution in [2.75, 3.05) is 5.32 Å². The Balaban J connectivity index is 2.02. The summed E-state index contributed by atoms with van der Waals surface area (Å²) in [5.74, 6) is -4.84. The van der Waals surface area contributed by atoms with E-state index in [4.69, 9.17) is 11.6 Å². The van der Waals surface area contributed by atoms with E-state index in [1.54, 1.807) is 24.4 Å². The molecule has 3 N–H and O–H groups in total. The van der Waals surface area contributed by atoms with Crippen molar-refractivity contribution in [3.05, 3.63) is 64.4 Å². The summed E-state index contributed by atoms with van der Waals surface area (Å²) in [4.78, 5) is 12.1. The summed E-state index contributed by atoms with van der Waals surface area (Å²) in [7, 11) is 0. The highest BCUT2D eigenvalue weighted by atomic mass is 35.5. The van der Waals surface area contributed by atoms with Crippen LogP contribution in [0, 0.1) is 17.5 Å². The van der Waals surface area contributed by atoms with E-state index in [1.807, 2.05) is 19.1 Å². The Kier molecular flexibility index (Phi) is 5.85. The number of rotatable bonds is 5. The fourth-order valence-corrected chi connectivity index (χ4v) is 2.39. The minimum absolute atomic E-state index is 0.0437. The van der Waals surface area contributed by atoms with Gasteiger partial charge in [-0.15, -0.1) is 0 Å². The van der Waals surface area contributed by atoms with Gasteiger partial charge >= 0.3 is 0 Å². The largest absolute Gasteiger partial charge is 0.330 e. The lowest BCUT2D eigenvalue weighted by molar-refractivity contribution is -0.709. The van der Waals surface area contributed by atoms with Gasteiger partial charge in [-0.3, -0.25) is 4.79 Å². The lowest BCUT2D eigenvalue weighted by Gasteiger charge is -2.17. The number of carbonyl (C=O) groups is 1. The number of quaternary nitrogens is 1. The summed E-state index contributed by atoms with van der Waals surface area (Å²) in [5, 5.41) is 4.66. The zero-order valence-corrected chi connectivity index (χ0v) is 13.9. The molecule has 0 aromatic heterocycles. The van der Waals surface area contributed by atoms with Gasteiger partial charge in [-0.05, 0) is 38.1 Å². The Morgan fingerprint density at radius 1 is 1.04 bits per heavy atom. The topological polar surface area (TPSA) is 45.7 Å². The van der Waals surface area contributed by atoms with Crippen molar-refractivity contribution in [1.29, 1.82) is 0 Å². The average molecular weight is 358 g/mol. The first-order valence-corrected chi connectivity index (χ1v) is 7.72. The lowest BCUT2D eigenvalue weighted by atomic mass is 10.1. The highest BCUT2D eigenvalue weighted by Crippen LogP contribution is 2.19. The highest BCUT2D eigenvalue weighted by Gasteiger charge is 2.22. The summed E-state index contributed by atoms with van der Waals surface area (Å²) < 4.78 is 39.7. The zero-order valence-electron chi connectivity index (χ0n) is 13.1. The minimum Gasteiger partial charge on any atom is -0.330 e. The van der Waals surface area contributed by atoms with Crippen LogP contribution in [0.4, 0.5) is 18.9 Å². The van der Waals surface area contributed by atoms with Crippen molar-refractivity contribution in [2.24, 2.45) is 0 Å². The van der Waals surface area contributed by atoms with Crippen LogP contribution < -0.4 is 10.6 Å². The molecule has 1 amide bonds. The Bertz CT molecular complexity index is 737. The summed E-state index contributed by atoms with van der Waals surface area (Å²) in [6.07, 6.45) is 0. The second-order valence-electron chi connectivity index (χ2n) is 5.53. The van der Waals surface area contributed by atoms with Gasteiger partial charge in [-0.1, -0.05) is 23.7 Å². The van der Waals surface area contributed by atoms with E-state index >= 15 is 0 Å². The smallest absolute Gasteiger partial charge is 0.282 e. The third-order valence-electron chi connectivity index (χ3n) is 3.68. The fourth-order valence-electron chi connectivity index (χ4n) is 2.27. The summed E-state index contributed by atoms with van der Waals surface area (Å²) in [6, 6.07) is 8.35. The van der Waals surface area contributed by atoms with Gasteiger partial charge in [0, 0.05) is 10.6 Å². The van der Waals surface area contributed by atoms with Gasteiger partial charge in [0.15, 0.2) is 23.5 Å². The first kappa shape index (κ1) is 18.3. The summed E-state index contributed by atoms with van der Waals surface area (Å²) in [6.45, 7) is 3.55. The average Bonchev–Trinajstić information content (AvgIpc) is 2.55. The molecule has 3 nitrogen and oxygen atoms in total. The van der Waals surface area contributed by atoms with E-state index in [9.17, 15) is 18.0 Å². The molecule has 2 aromatic carbocycles. The molecule has 0 bridgehead atoms. The molecule has 0 radical (unpaired) electrons. The quantitative estimate of drug-likeness (QED) is 0.791. The molecule has 0 aliphatic rings. The molecular formula is C17H17ClF3N2O+. The molecule has 24 heavy (non-hydrogen) atoms. The van der Waals surface area contributed by atoms with Crippen molar-refractivity contribution >= 4 is 23.2 Å². The van der Waals surface area contributed by atoms with Gasteiger partial charge in [0.25, 0.3) is 5.91 Å². The van der Waals surface area contributed by atoms with Gasteiger partial charge in [0.2, 0.25) is 0 Å². The van der Waals surface area contributed by atoms with Crippen LogP contribution in [0.25, 0.3) is 0 Å². The Morgan fingerprint density at radius 2 is 1.67 bits per heavy atom. The number of halogens is 4. The van der Waals surface area contributed by atoms with Crippen LogP contribution in [0.3, 0.4) is 0 Å². The van der Waals surface area contributed by atoms with Crippen molar-refractivity contribution in [1.82, 2.24) is 0 Å². The SMILES string of the molecule is C[C@H]([NH2+][C@H](C)c1ccc(Cl)cc1)C(=O)Nc1ccc(F)c(F)c1F. The third kappa shape index (κ3) is 4.27. The zero-order chi connectivity index (χ0) is 17.9. The number of anilines is 1. The van der Waals surface area contributed by atoms with Gasteiger partial charge in [-0.2, -0.15) is 0 Å². The maximum atomic E-state index is 13.6. The van der Waals surface area contributed by atoms with Crippen LogP contribution >= 0.6 is 11.6 Å². The van der Waals surface area contributed by atoms with E-state index in [1.165, 1.54) is 0 Å². The Labute approximate surface area is 142 Å². The first-order valence-electron chi connectivity index (χ1n) is 7.34. The number of hydrogen-bond acceptors (Lipinski definition) is 1. The van der Waals surface area contributed by atoms with Crippen molar-refractivity contribution in [2.45, 2.75) is 25.9 Å². The van der Waals surface area contributed by atoms with Crippen molar-refractivity contribution in [3.8, 4) is 0 Å². The molecule has 0 unspecified atom stereocenters. The van der Waals surface area contributed by atoms with Crippen LogP contribution in [-0.4, -0.2) is 11.9 Å². The van der Waals surface area contributed by atoms with Crippen molar-refractivity contribution < 1.29 is 23.3 Å². The van der Waals surface area contributed by atoms with Crippen molar-refractivity contribution in [3.63, 3.8) is 0 Å². The van der Waals surface area contributed by atoms with E-state index in [-0.39, 0.29) is 6.04 Å². The van der Waals surface area contributed by atoms with E-state index < -0.39 is 35.1 Å². The molecule has 2 rings (SSSR count). The number of nitrogens with one attached hydrogen (secondary N) is 1. The fraction of sp³-hybridized carbons (Fsp3) is 0.235. The molecule has 0 fully saturated rings. The molecular weight excluding hydrogens is 341 g/mol. The third-order valence-corrected chi connectivity index (χ3v) is 3.93. The van der Waals surface area contributed by atoms with Gasteiger partial charge in [0.1, 0.15) is 6.04 Å². The molecule has 128 valence electrons. The lowest BCUT2D eigenvalue weighted by Crippen LogP contribution is -2.91. The molecule has 0 aliphatic heterocycles. The number of benzene rings is 2. The molecule has 0 saturated carbocycles. The highest BCUT2D eigenvalue weighted by molar-refractivity contribution is 6.30. The van der Waals surface area contributed by atoms with Gasteiger partial charge < -0.3 is 10.6 Å². The maximum absolute atomic E-state index is 13.6. The molecule has 0 aliphatic carbocycles. The van der Waals surface area contributed by atoms with Crippen LogP contribution in [0.15, 0.2) is 36.4 Å². The van der Waals surface area contributed by atoms with Crippen LogP contribution in [-0.2, 0) is 4.79 Å².